The summed E-state index contributed by atoms with van der Waals surface area (Å²) in [5.74, 6) is 0.342. The summed E-state index contributed by atoms with van der Waals surface area (Å²) in [6, 6.07) is 0. The van der Waals surface area contributed by atoms with E-state index >= 15 is 0 Å². The zero-order valence-electron chi connectivity index (χ0n) is 5.88. The van der Waals surface area contributed by atoms with Crippen molar-refractivity contribution < 1.29 is 5.11 Å². The molecule has 0 saturated heterocycles. The van der Waals surface area contributed by atoms with Gasteiger partial charge in [0, 0.05) is 6.54 Å². The molecule has 0 atom stereocenters. The topological polar surface area (TPSA) is 70.6 Å². The number of nitrogens with zero attached hydrogens (tertiary/aromatic N) is 1. The molecule has 0 saturated carbocycles. The maximum absolute atomic E-state index is 8.33. The van der Waals surface area contributed by atoms with Crippen LogP contribution in [0.3, 0.4) is 0 Å². The number of hydrogen-bond acceptors (Lipinski definition) is 2. The molecular weight excluding hydrogens is 130 g/mol. The van der Waals surface area contributed by atoms with Gasteiger partial charge < -0.3 is 16.2 Å². The fraction of sp³-hybridized carbons (Fsp3) is 0.500. The van der Waals surface area contributed by atoms with E-state index in [4.69, 9.17) is 10.8 Å². The summed E-state index contributed by atoms with van der Waals surface area (Å²) in [5, 5.41) is 11.1. The standard InChI is InChI=1S/C6H13N3O/c1-2-3-8-6(7)9-4-5-10/h2,10H,1,3-5H2,(H3,7,8,9). The van der Waals surface area contributed by atoms with Crippen LogP contribution in [0.25, 0.3) is 0 Å². The largest absolute Gasteiger partial charge is 0.394 e. The third-order valence-corrected chi connectivity index (χ3v) is 0.810. The second kappa shape index (κ2) is 6.10. The van der Waals surface area contributed by atoms with Crippen molar-refractivity contribution in [3.8, 4) is 0 Å². The van der Waals surface area contributed by atoms with Crippen LogP contribution in [0.5, 0.6) is 0 Å². The molecule has 0 aliphatic heterocycles. The van der Waals surface area contributed by atoms with Gasteiger partial charge in [-0.1, -0.05) is 6.08 Å². The van der Waals surface area contributed by atoms with Crippen molar-refractivity contribution in [2.75, 3.05) is 19.7 Å². The van der Waals surface area contributed by atoms with Crippen LogP contribution in [0.4, 0.5) is 0 Å². The smallest absolute Gasteiger partial charge is 0.188 e. The Labute approximate surface area is 60.5 Å². The summed E-state index contributed by atoms with van der Waals surface area (Å²) in [5.41, 5.74) is 5.33. The molecule has 0 aromatic heterocycles. The Morgan fingerprint density at radius 1 is 1.80 bits per heavy atom. The molecule has 0 rings (SSSR count). The maximum atomic E-state index is 8.33. The van der Waals surface area contributed by atoms with Gasteiger partial charge in [-0.15, -0.1) is 6.58 Å². The minimum absolute atomic E-state index is 0.0243. The van der Waals surface area contributed by atoms with Gasteiger partial charge in [0.25, 0.3) is 0 Å². The molecule has 0 heterocycles. The number of nitrogens with two attached hydrogens (primary N) is 1. The Morgan fingerprint density at radius 3 is 3.00 bits per heavy atom. The van der Waals surface area contributed by atoms with Gasteiger partial charge in [-0.3, -0.25) is 4.99 Å². The average molecular weight is 143 g/mol. The average Bonchev–Trinajstić information content (AvgIpc) is 1.97. The summed E-state index contributed by atoms with van der Waals surface area (Å²) in [7, 11) is 0. The highest BCUT2D eigenvalue weighted by atomic mass is 16.3. The molecule has 4 nitrogen and oxygen atoms in total. The fourth-order valence-electron chi connectivity index (χ4n) is 0.403. The molecule has 0 fully saturated rings. The van der Waals surface area contributed by atoms with Crippen molar-refractivity contribution in [1.82, 2.24) is 5.32 Å². The molecule has 0 unspecified atom stereocenters. The zero-order valence-corrected chi connectivity index (χ0v) is 5.88. The first-order valence-corrected chi connectivity index (χ1v) is 3.06. The Bertz CT molecular complexity index is 122. The van der Waals surface area contributed by atoms with Crippen molar-refractivity contribution in [3.05, 3.63) is 12.7 Å². The highest BCUT2D eigenvalue weighted by molar-refractivity contribution is 5.77. The number of aliphatic hydroxyl groups excluding tert-OH is 1. The monoisotopic (exact) mass is 143 g/mol. The first kappa shape index (κ1) is 8.97. The number of nitrogens with one attached hydrogen (secondary N) is 1. The molecular formula is C6H13N3O. The Balaban J connectivity index is 3.38. The molecule has 0 amide bonds. The van der Waals surface area contributed by atoms with Crippen LogP contribution < -0.4 is 11.1 Å². The Morgan fingerprint density at radius 2 is 2.50 bits per heavy atom. The van der Waals surface area contributed by atoms with Gasteiger partial charge in [-0.05, 0) is 0 Å². The highest BCUT2D eigenvalue weighted by Gasteiger charge is 1.84. The quantitative estimate of drug-likeness (QED) is 0.270. The first-order chi connectivity index (χ1) is 4.81. The predicted octanol–water partition coefficient (Wildman–Crippen LogP) is -0.931. The minimum atomic E-state index is 0.0243. The Hall–Kier alpha value is -1.03. The second-order valence-corrected chi connectivity index (χ2v) is 1.66. The number of guanidine groups is 1. The number of aliphatic hydroxyl groups is 1. The van der Waals surface area contributed by atoms with E-state index in [0.29, 0.717) is 19.0 Å². The molecule has 0 aliphatic rings. The van der Waals surface area contributed by atoms with E-state index in [0.717, 1.165) is 0 Å². The normalized spacial score (nSPS) is 11.1. The summed E-state index contributed by atoms with van der Waals surface area (Å²) >= 11 is 0. The Kier molecular flexibility index (Phi) is 5.47. The van der Waals surface area contributed by atoms with Gasteiger partial charge in [-0.25, -0.2) is 0 Å². The van der Waals surface area contributed by atoms with E-state index in [1.54, 1.807) is 6.08 Å². The third kappa shape index (κ3) is 5.11. The van der Waals surface area contributed by atoms with Crippen LogP contribution >= 0.6 is 0 Å². The molecule has 10 heavy (non-hydrogen) atoms. The molecule has 0 spiro atoms. The van der Waals surface area contributed by atoms with E-state index in [2.05, 4.69) is 16.9 Å². The van der Waals surface area contributed by atoms with Crippen molar-refractivity contribution in [2.45, 2.75) is 0 Å². The molecule has 0 aliphatic carbocycles. The van der Waals surface area contributed by atoms with Crippen LogP contribution in [-0.2, 0) is 0 Å². The lowest BCUT2D eigenvalue weighted by molar-refractivity contribution is 0.306. The van der Waals surface area contributed by atoms with Crippen molar-refractivity contribution in [2.24, 2.45) is 10.7 Å². The summed E-state index contributed by atoms with van der Waals surface area (Å²) in [6.07, 6.45) is 1.68. The molecule has 4 N–H and O–H groups in total. The maximum Gasteiger partial charge on any atom is 0.188 e. The minimum Gasteiger partial charge on any atom is -0.394 e. The van der Waals surface area contributed by atoms with Gasteiger partial charge in [0.1, 0.15) is 0 Å². The lowest BCUT2D eigenvalue weighted by atomic mass is 10.6. The van der Waals surface area contributed by atoms with E-state index in [-0.39, 0.29) is 6.61 Å². The molecule has 4 heteroatoms. The summed E-state index contributed by atoms with van der Waals surface area (Å²) in [6.45, 7) is 4.46. The van der Waals surface area contributed by atoms with Crippen LogP contribution in [0.15, 0.2) is 17.6 Å². The van der Waals surface area contributed by atoms with E-state index in [1.807, 2.05) is 0 Å². The summed E-state index contributed by atoms with van der Waals surface area (Å²) < 4.78 is 0. The molecule has 0 bridgehead atoms. The molecule has 0 aromatic rings. The van der Waals surface area contributed by atoms with Gasteiger partial charge >= 0.3 is 0 Å². The lowest BCUT2D eigenvalue weighted by Crippen LogP contribution is -2.31. The van der Waals surface area contributed by atoms with Gasteiger partial charge in [0.2, 0.25) is 0 Å². The third-order valence-electron chi connectivity index (χ3n) is 0.810. The first-order valence-electron chi connectivity index (χ1n) is 3.06. The number of hydrogen-bond donors (Lipinski definition) is 3. The van der Waals surface area contributed by atoms with Crippen LogP contribution in [-0.4, -0.2) is 30.8 Å². The van der Waals surface area contributed by atoms with Gasteiger partial charge in [0.05, 0.1) is 13.2 Å². The molecule has 0 aromatic carbocycles. The number of aliphatic imine (C=N–C) groups is 1. The second-order valence-electron chi connectivity index (χ2n) is 1.66. The predicted molar refractivity (Wildman–Crippen MR) is 41.8 cm³/mol. The van der Waals surface area contributed by atoms with Crippen molar-refractivity contribution in [3.63, 3.8) is 0 Å². The van der Waals surface area contributed by atoms with Crippen molar-refractivity contribution >= 4 is 5.96 Å². The van der Waals surface area contributed by atoms with Gasteiger partial charge in [-0.2, -0.15) is 0 Å². The van der Waals surface area contributed by atoms with Crippen LogP contribution in [0, 0.1) is 0 Å². The summed E-state index contributed by atoms with van der Waals surface area (Å²) in [4.78, 5) is 3.77. The van der Waals surface area contributed by atoms with E-state index in [1.165, 1.54) is 0 Å². The SMILES string of the molecule is C=CCNC(N)=NCCO. The van der Waals surface area contributed by atoms with E-state index in [9.17, 15) is 0 Å². The van der Waals surface area contributed by atoms with Crippen molar-refractivity contribution in [1.29, 1.82) is 0 Å². The fourth-order valence-corrected chi connectivity index (χ4v) is 0.403. The number of rotatable bonds is 4. The van der Waals surface area contributed by atoms with Gasteiger partial charge in [0.15, 0.2) is 5.96 Å². The lowest BCUT2D eigenvalue weighted by Gasteiger charge is -1.99. The van der Waals surface area contributed by atoms with Crippen LogP contribution in [0.2, 0.25) is 0 Å². The zero-order chi connectivity index (χ0) is 7.82. The molecule has 58 valence electrons. The van der Waals surface area contributed by atoms with E-state index < -0.39 is 0 Å². The highest BCUT2D eigenvalue weighted by Crippen LogP contribution is 1.67. The molecule has 0 radical (unpaired) electrons. The van der Waals surface area contributed by atoms with Crippen LogP contribution in [0.1, 0.15) is 0 Å².